The van der Waals surface area contributed by atoms with Gasteiger partial charge in [0, 0.05) is 6.04 Å². The van der Waals surface area contributed by atoms with Crippen molar-refractivity contribution in [1.29, 1.82) is 0 Å². The zero-order valence-corrected chi connectivity index (χ0v) is 10.8. The minimum atomic E-state index is -0.188. The van der Waals surface area contributed by atoms with E-state index in [0.29, 0.717) is 4.47 Å². The number of halogens is 2. The smallest absolute Gasteiger partial charge is 0.137 e. The van der Waals surface area contributed by atoms with E-state index in [1.807, 2.05) is 6.07 Å². The van der Waals surface area contributed by atoms with E-state index in [0.717, 1.165) is 24.9 Å². The Morgan fingerprint density at radius 2 is 2.13 bits per heavy atom. The predicted octanol–water partition coefficient (Wildman–Crippen LogP) is 4.04. The standard InChI is InChI=1S/C12H17BrFN/c1-3-6-11(15-4-2)9-7-5-8-10(14)12(9)13/h5,7-8,11,15H,3-4,6H2,1-2H3. The molecule has 0 spiro atoms. The molecule has 1 N–H and O–H groups in total. The Hall–Kier alpha value is -0.410. The SMILES string of the molecule is CCCC(NCC)c1cccc(F)c1Br. The van der Waals surface area contributed by atoms with Crippen molar-refractivity contribution in [2.75, 3.05) is 6.54 Å². The van der Waals surface area contributed by atoms with Crippen molar-refractivity contribution in [3.63, 3.8) is 0 Å². The van der Waals surface area contributed by atoms with Crippen LogP contribution in [0.5, 0.6) is 0 Å². The van der Waals surface area contributed by atoms with Crippen molar-refractivity contribution >= 4 is 15.9 Å². The van der Waals surface area contributed by atoms with Gasteiger partial charge in [0.25, 0.3) is 0 Å². The van der Waals surface area contributed by atoms with E-state index >= 15 is 0 Å². The zero-order chi connectivity index (χ0) is 11.3. The van der Waals surface area contributed by atoms with Gasteiger partial charge in [-0.15, -0.1) is 0 Å². The molecule has 84 valence electrons. The molecule has 1 aromatic carbocycles. The second kappa shape index (κ2) is 6.23. The van der Waals surface area contributed by atoms with Crippen LogP contribution in [0.15, 0.2) is 22.7 Å². The van der Waals surface area contributed by atoms with Gasteiger partial charge in [0.2, 0.25) is 0 Å². The van der Waals surface area contributed by atoms with E-state index in [1.54, 1.807) is 6.07 Å². The van der Waals surface area contributed by atoms with Gasteiger partial charge < -0.3 is 5.32 Å². The Balaban J connectivity index is 2.94. The molecule has 1 nitrogen and oxygen atoms in total. The van der Waals surface area contributed by atoms with Gasteiger partial charge in [-0.3, -0.25) is 0 Å². The van der Waals surface area contributed by atoms with E-state index in [1.165, 1.54) is 6.07 Å². The van der Waals surface area contributed by atoms with Crippen LogP contribution < -0.4 is 5.32 Å². The Morgan fingerprint density at radius 1 is 1.40 bits per heavy atom. The highest BCUT2D eigenvalue weighted by Gasteiger charge is 2.14. The van der Waals surface area contributed by atoms with E-state index in [4.69, 9.17) is 0 Å². The van der Waals surface area contributed by atoms with Crippen LogP contribution in [0, 0.1) is 5.82 Å². The fraction of sp³-hybridized carbons (Fsp3) is 0.500. The second-order valence-corrected chi connectivity index (χ2v) is 4.33. The summed E-state index contributed by atoms with van der Waals surface area (Å²) in [5.74, 6) is -0.188. The van der Waals surface area contributed by atoms with Crippen molar-refractivity contribution in [2.24, 2.45) is 0 Å². The van der Waals surface area contributed by atoms with Crippen LogP contribution in [0.2, 0.25) is 0 Å². The largest absolute Gasteiger partial charge is 0.310 e. The first-order valence-corrected chi connectivity index (χ1v) is 6.17. The van der Waals surface area contributed by atoms with Crippen LogP contribution in [0.3, 0.4) is 0 Å². The van der Waals surface area contributed by atoms with Crippen molar-refractivity contribution in [3.8, 4) is 0 Å². The first-order valence-electron chi connectivity index (χ1n) is 5.38. The number of hydrogen-bond acceptors (Lipinski definition) is 1. The van der Waals surface area contributed by atoms with Gasteiger partial charge in [-0.05, 0) is 40.5 Å². The molecule has 1 aromatic rings. The highest BCUT2D eigenvalue weighted by molar-refractivity contribution is 9.10. The van der Waals surface area contributed by atoms with Gasteiger partial charge >= 0.3 is 0 Å². The molecule has 0 bridgehead atoms. The molecule has 0 saturated carbocycles. The molecule has 0 radical (unpaired) electrons. The predicted molar refractivity (Wildman–Crippen MR) is 65.4 cm³/mol. The average molecular weight is 274 g/mol. The molecule has 0 amide bonds. The van der Waals surface area contributed by atoms with Gasteiger partial charge in [0.05, 0.1) is 4.47 Å². The molecule has 15 heavy (non-hydrogen) atoms. The molecule has 1 atom stereocenters. The fourth-order valence-electron chi connectivity index (χ4n) is 1.69. The zero-order valence-electron chi connectivity index (χ0n) is 9.19. The van der Waals surface area contributed by atoms with Crippen LogP contribution in [0.4, 0.5) is 4.39 Å². The topological polar surface area (TPSA) is 12.0 Å². The van der Waals surface area contributed by atoms with Crippen LogP contribution in [0.1, 0.15) is 38.3 Å². The lowest BCUT2D eigenvalue weighted by Crippen LogP contribution is -2.21. The van der Waals surface area contributed by atoms with Gasteiger partial charge in [0.15, 0.2) is 0 Å². The summed E-state index contributed by atoms with van der Waals surface area (Å²) in [6.07, 6.45) is 2.11. The molecular weight excluding hydrogens is 257 g/mol. The van der Waals surface area contributed by atoms with E-state index < -0.39 is 0 Å². The highest BCUT2D eigenvalue weighted by atomic mass is 79.9. The molecule has 1 unspecified atom stereocenters. The Kier molecular flexibility index (Phi) is 5.26. The first kappa shape index (κ1) is 12.7. The minimum absolute atomic E-state index is 0.188. The summed E-state index contributed by atoms with van der Waals surface area (Å²) in [6.45, 7) is 5.10. The molecule has 3 heteroatoms. The molecule has 1 rings (SSSR count). The maximum atomic E-state index is 13.3. The Labute approximate surface area is 99.2 Å². The third-order valence-corrected chi connectivity index (χ3v) is 3.22. The minimum Gasteiger partial charge on any atom is -0.310 e. The lowest BCUT2D eigenvalue weighted by atomic mass is 10.0. The van der Waals surface area contributed by atoms with Gasteiger partial charge in [-0.1, -0.05) is 32.4 Å². The van der Waals surface area contributed by atoms with Crippen molar-refractivity contribution in [1.82, 2.24) is 5.32 Å². The number of rotatable bonds is 5. The lowest BCUT2D eigenvalue weighted by molar-refractivity contribution is 0.502. The normalized spacial score (nSPS) is 12.8. The molecule has 0 aromatic heterocycles. The summed E-state index contributed by atoms with van der Waals surface area (Å²) >= 11 is 3.31. The summed E-state index contributed by atoms with van der Waals surface area (Å²) in [5.41, 5.74) is 1.01. The van der Waals surface area contributed by atoms with Crippen LogP contribution in [-0.2, 0) is 0 Å². The lowest BCUT2D eigenvalue weighted by Gasteiger charge is -2.19. The monoisotopic (exact) mass is 273 g/mol. The maximum Gasteiger partial charge on any atom is 0.137 e. The average Bonchev–Trinajstić information content (AvgIpc) is 2.22. The number of benzene rings is 1. The summed E-state index contributed by atoms with van der Waals surface area (Å²) in [6, 6.07) is 5.44. The second-order valence-electron chi connectivity index (χ2n) is 3.54. The molecule has 0 heterocycles. The van der Waals surface area contributed by atoms with Crippen LogP contribution in [0.25, 0.3) is 0 Å². The third kappa shape index (κ3) is 3.28. The molecule has 0 fully saturated rings. The quantitative estimate of drug-likeness (QED) is 0.854. The molecule has 0 aliphatic carbocycles. The summed E-state index contributed by atoms with van der Waals surface area (Å²) in [7, 11) is 0. The Bertz CT molecular complexity index is 308. The summed E-state index contributed by atoms with van der Waals surface area (Å²) in [5, 5.41) is 3.37. The Morgan fingerprint density at radius 3 is 2.73 bits per heavy atom. The van der Waals surface area contributed by atoms with E-state index in [-0.39, 0.29) is 11.9 Å². The van der Waals surface area contributed by atoms with E-state index in [2.05, 4.69) is 35.1 Å². The van der Waals surface area contributed by atoms with Gasteiger partial charge in [-0.25, -0.2) is 4.39 Å². The first-order chi connectivity index (χ1) is 7.20. The van der Waals surface area contributed by atoms with Crippen LogP contribution in [-0.4, -0.2) is 6.54 Å². The number of hydrogen-bond donors (Lipinski definition) is 1. The maximum absolute atomic E-state index is 13.3. The van der Waals surface area contributed by atoms with Crippen molar-refractivity contribution in [2.45, 2.75) is 32.7 Å². The summed E-state index contributed by atoms with van der Waals surface area (Å²) in [4.78, 5) is 0. The molecule has 0 saturated heterocycles. The highest BCUT2D eigenvalue weighted by Crippen LogP contribution is 2.28. The molecular formula is C12H17BrFN. The number of nitrogens with one attached hydrogen (secondary N) is 1. The summed E-state index contributed by atoms with van der Waals surface area (Å²) < 4.78 is 13.9. The van der Waals surface area contributed by atoms with Crippen molar-refractivity contribution < 1.29 is 4.39 Å². The van der Waals surface area contributed by atoms with Gasteiger partial charge in [-0.2, -0.15) is 0 Å². The van der Waals surface area contributed by atoms with Gasteiger partial charge in [0.1, 0.15) is 5.82 Å². The van der Waals surface area contributed by atoms with Crippen molar-refractivity contribution in [3.05, 3.63) is 34.1 Å². The fourth-order valence-corrected chi connectivity index (χ4v) is 2.23. The van der Waals surface area contributed by atoms with Crippen LogP contribution >= 0.6 is 15.9 Å². The third-order valence-electron chi connectivity index (χ3n) is 2.38. The molecule has 0 aliphatic rings. The molecule has 0 aliphatic heterocycles. The van der Waals surface area contributed by atoms with E-state index in [9.17, 15) is 4.39 Å².